The van der Waals surface area contributed by atoms with Crippen molar-refractivity contribution >= 4 is 11.9 Å². The van der Waals surface area contributed by atoms with Crippen molar-refractivity contribution in [2.75, 3.05) is 6.61 Å². The van der Waals surface area contributed by atoms with Crippen LogP contribution in [0.15, 0.2) is 31.0 Å². The summed E-state index contributed by atoms with van der Waals surface area (Å²) in [4.78, 5) is 31.3. The molecule has 0 spiro atoms. The van der Waals surface area contributed by atoms with Gasteiger partial charge in [0.05, 0.1) is 12.2 Å². The van der Waals surface area contributed by atoms with Gasteiger partial charge in [-0.05, 0) is 26.0 Å². The van der Waals surface area contributed by atoms with Gasteiger partial charge in [-0.3, -0.25) is 4.79 Å². The normalized spacial score (nSPS) is 11.7. The highest BCUT2D eigenvalue weighted by Gasteiger charge is 2.17. The van der Waals surface area contributed by atoms with Crippen LogP contribution in [-0.4, -0.2) is 44.3 Å². The van der Waals surface area contributed by atoms with Crippen molar-refractivity contribution in [3.63, 3.8) is 0 Å². The molecule has 1 amide bonds. The van der Waals surface area contributed by atoms with Crippen LogP contribution in [0.3, 0.4) is 0 Å². The number of nitrogens with zero attached hydrogens (tertiary/aromatic N) is 4. The third-order valence-corrected chi connectivity index (χ3v) is 2.65. The monoisotopic (exact) mass is 289 g/mol. The number of esters is 1. The molecule has 0 aliphatic heterocycles. The molecule has 0 bridgehead atoms. The maximum absolute atomic E-state index is 12.0. The van der Waals surface area contributed by atoms with Crippen molar-refractivity contribution in [3.8, 4) is 5.82 Å². The van der Waals surface area contributed by atoms with E-state index in [4.69, 9.17) is 4.74 Å². The summed E-state index contributed by atoms with van der Waals surface area (Å²) in [6.07, 6.45) is 4.30. The molecule has 1 atom stereocenters. The van der Waals surface area contributed by atoms with E-state index in [0.717, 1.165) is 0 Å². The van der Waals surface area contributed by atoms with Gasteiger partial charge in [0.15, 0.2) is 5.82 Å². The highest BCUT2D eigenvalue weighted by molar-refractivity contribution is 5.96. The Morgan fingerprint density at radius 3 is 2.81 bits per heavy atom. The Morgan fingerprint density at radius 2 is 2.24 bits per heavy atom. The summed E-state index contributed by atoms with van der Waals surface area (Å²) in [7, 11) is 0. The molecule has 0 radical (unpaired) electrons. The fourth-order valence-corrected chi connectivity index (χ4v) is 1.59. The second-order valence-corrected chi connectivity index (χ2v) is 4.19. The summed E-state index contributed by atoms with van der Waals surface area (Å²) in [6, 6.07) is 2.52. The molecule has 0 fully saturated rings. The lowest BCUT2D eigenvalue weighted by molar-refractivity contribution is -0.144. The SMILES string of the molecule is CCOC(=O)C(C)NC(=O)c1ccc(-n2cncn2)nc1. The molecule has 0 aliphatic carbocycles. The van der Waals surface area contributed by atoms with Gasteiger partial charge < -0.3 is 10.1 Å². The number of pyridine rings is 1. The molecule has 0 saturated heterocycles. The average Bonchev–Trinajstić information content (AvgIpc) is 3.01. The van der Waals surface area contributed by atoms with Crippen LogP contribution >= 0.6 is 0 Å². The van der Waals surface area contributed by atoms with Crippen LogP contribution in [0.1, 0.15) is 24.2 Å². The first kappa shape index (κ1) is 14.6. The van der Waals surface area contributed by atoms with Crippen LogP contribution in [0, 0.1) is 0 Å². The van der Waals surface area contributed by atoms with Gasteiger partial charge in [0.25, 0.3) is 5.91 Å². The molecule has 8 nitrogen and oxygen atoms in total. The van der Waals surface area contributed by atoms with Crippen LogP contribution in [-0.2, 0) is 9.53 Å². The molecule has 8 heteroatoms. The number of carbonyl (C=O) groups excluding carboxylic acids is 2. The Balaban J connectivity index is 2.02. The molecule has 2 aromatic heterocycles. The van der Waals surface area contributed by atoms with Crippen molar-refractivity contribution in [2.24, 2.45) is 0 Å². The first-order chi connectivity index (χ1) is 10.1. The van der Waals surface area contributed by atoms with Gasteiger partial charge in [-0.15, -0.1) is 0 Å². The Kier molecular flexibility index (Phi) is 4.60. The van der Waals surface area contributed by atoms with E-state index < -0.39 is 17.9 Å². The minimum absolute atomic E-state index is 0.271. The maximum Gasteiger partial charge on any atom is 0.328 e. The standard InChI is InChI=1S/C13H15N5O3/c1-3-21-13(20)9(2)17-12(19)10-4-5-11(15-6-10)18-8-14-7-16-18/h4-9H,3H2,1-2H3,(H,17,19). The summed E-state index contributed by atoms with van der Waals surface area (Å²) < 4.78 is 6.30. The van der Waals surface area contributed by atoms with Gasteiger partial charge in [0.1, 0.15) is 18.7 Å². The van der Waals surface area contributed by atoms with E-state index in [1.165, 1.54) is 23.5 Å². The van der Waals surface area contributed by atoms with Gasteiger partial charge in [-0.25, -0.2) is 19.4 Å². The zero-order valence-electron chi connectivity index (χ0n) is 11.7. The topological polar surface area (TPSA) is 99.0 Å². The first-order valence-electron chi connectivity index (χ1n) is 6.40. The molecule has 2 rings (SSSR count). The van der Waals surface area contributed by atoms with E-state index in [0.29, 0.717) is 11.4 Å². The third kappa shape index (κ3) is 3.62. The summed E-state index contributed by atoms with van der Waals surface area (Å²) >= 11 is 0. The van der Waals surface area contributed by atoms with E-state index >= 15 is 0 Å². The molecule has 1 unspecified atom stereocenters. The molecule has 1 N–H and O–H groups in total. The second-order valence-electron chi connectivity index (χ2n) is 4.19. The lowest BCUT2D eigenvalue weighted by atomic mass is 10.2. The molecule has 0 aliphatic rings. The number of hydrogen-bond acceptors (Lipinski definition) is 6. The highest BCUT2D eigenvalue weighted by Crippen LogP contribution is 2.04. The van der Waals surface area contributed by atoms with Crippen molar-refractivity contribution in [2.45, 2.75) is 19.9 Å². The largest absolute Gasteiger partial charge is 0.464 e. The average molecular weight is 289 g/mol. The lowest BCUT2D eigenvalue weighted by Crippen LogP contribution is -2.39. The van der Waals surface area contributed by atoms with Crippen molar-refractivity contribution in [1.29, 1.82) is 0 Å². The van der Waals surface area contributed by atoms with Crippen molar-refractivity contribution < 1.29 is 14.3 Å². The van der Waals surface area contributed by atoms with Crippen LogP contribution in [0.2, 0.25) is 0 Å². The summed E-state index contributed by atoms with van der Waals surface area (Å²) in [5.74, 6) is -0.325. The predicted molar refractivity (Wildman–Crippen MR) is 72.7 cm³/mol. The third-order valence-electron chi connectivity index (χ3n) is 2.65. The Labute approximate surface area is 121 Å². The van der Waals surface area contributed by atoms with Gasteiger partial charge in [0.2, 0.25) is 0 Å². The zero-order valence-corrected chi connectivity index (χ0v) is 11.7. The number of hydrogen-bond donors (Lipinski definition) is 1. The van der Waals surface area contributed by atoms with Crippen LogP contribution in [0.4, 0.5) is 0 Å². The van der Waals surface area contributed by atoms with Crippen molar-refractivity contribution in [1.82, 2.24) is 25.1 Å². The number of carbonyl (C=O) groups is 2. The number of ether oxygens (including phenoxy) is 1. The molecule has 2 aromatic rings. The summed E-state index contributed by atoms with van der Waals surface area (Å²) in [5, 5.41) is 6.48. The van der Waals surface area contributed by atoms with Gasteiger partial charge in [-0.1, -0.05) is 0 Å². The zero-order chi connectivity index (χ0) is 15.2. The molecule has 21 heavy (non-hydrogen) atoms. The molecule has 2 heterocycles. The van der Waals surface area contributed by atoms with E-state index in [9.17, 15) is 9.59 Å². The molecular weight excluding hydrogens is 274 g/mol. The minimum Gasteiger partial charge on any atom is -0.464 e. The van der Waals surface area contributed by atoms with Gasteiger partial charge in [0, 0.05) is 6.20 Å². The molecule has 110 valence electrons. The quantitative estimate of drug-likeness (QED) is 0.797. The van der Waals surface area contributed by atoms with Gasteiger partial charge >= 0.3 is 5.97 Å². The molecule has 0 saturated carbocycles. The van der Waals surface area contributed by atoms with Crippen LogP contribution in [0.25, 0.3) is 5.82 Å². The fraction of sp³-hybridized carbons (Fsp3) is 0.308. The van der Waals surface area contributed by atoms with Crippen molar-refractivity contribution in [3.05, 3.63) is 36.5 Å². The van der Waals surface area contributed by atoms with Crippen LogP contribution < -0.4 is 5.32 Å². The smallest absolute Gasteiger partial charge is 0.328 e. The number of nitrogens with one attached hydrogen (secondary N) is 1. The fourth-order valence-electron chi connectivity index (χ4n) is 1.59. The number of amides is 1. The van der Waals surface area contributed by atoms with E-state index in [2.05, 4.69) is 20.4 Å². The minimum atomic E-state index is -0.715. The van der Waals surface area contributed by atoms with E-state index in [-0.39, 0.29) is 6.61 Å². The number of rotatable bonds is 5. The summed E-state index contributed by atoms with van der Waals surface area (Å²) in [5.41, 5.74) is 0.343. The maximum atomic E-state index is 12.0. The molecule has 0 aromatic carbocycles. The van der Waals surface area contributed by atoms with E-state index in [1.807, 2.05) is 0 Å². The van der Waals surface area contributed by atoms with Gasteiger partial charge in [-0.2, -0.15) is 5.10 Å². The van der Waals surface area contributed by atoms with E-state index in [1.54, 1.807) is 26.0 Å². The highest BCUT2D eigenvalue weighted by atomic mass is 16.5. The van der Waals surface area contributed by atoms with Crippen LogP contribution in [0.5, 0.6) is 0 Å². The summed E-state index contributed by atoms with van der Waals surface area (Å²) in [6.45, 7) is 3.54. The Morgan fingerprint density at radius 1 is 1.43 bits per heavy atom. The second kappa shape index (κ2) is 6.60. The predicted octanol–water partition coefficient (Wildman–Crippen LogP) is 0.344. The first-order valence-corrected chi connectivity index (χ1v) is 6.40. The number of aromatic nitrogens is 4. The Bertz CT molecular complexity index is 609. The Hall–Kier alpha value is -2.77. The molecular formula is C13H15N5O3. The lowest BCUT2D eigenvalue weighted by Gasteiger charge is -2.12.